The number of fused-ring (bicyclic) bond motifs is 1. The van der Waals surface area contributed by atoms with Gasteiger partial charge in [0.25, 0.3) is 11.8 Å². The van der Waals surface area contributed by atoms with Crippen LogP contribution in [0, 0.1) is 13.8 Å². The summed E-state index contributed by atoms with van der Waals surface area (Å²) in [6.45, 7) is 5.85. The summed E-state index contributed by atoms with van der Waals surface area (Å²) in [4.78, 5) is 46.1. The number of amides is 2. The number of hydrogen-bond donors (Lipinski definition) is 2. The van der Waals surface area contributed by atoms with Crippen LogP contribution in [0.5, 0.6) is 5.75 Å². The first-order valence-corrected chi connectivity index (χ1v) is 11.7. The molecule has 0 spiro atoms. The zero-order valence-electron chi connectivity index (χ0n) is 20.7. The van der Waals surface area contributed by atoms with E-state index in [4.69, 9.17) is 9.47 Å². The van der Waals surface area contributed by atoms with Crippen LogP contribution in [-0.2, 0) is 11.3 Å². The van der Waals surface area contributed by atoms with Gasteiger partial charge in [0.2, 0.25) is 0 Å². The van der Waals surface area contributed by atoms with Crippen LogP contribution in [0.25, 0.3) is 11.0 Å². The number of anilines is 1. The van der Waals surface area contributed by atoms with E-state index in [0.717, 1.165) is 22.5 Å². The molecule has 2 amide bonds. The summed E-state index contributed by atoms with van der Waals surface area (Å²) in [5.74, 6) is -0.339. The molecular formula is C28H26N4O5. The maximum atomic E-state index is 13.0. The molecule has 37 heavy (non-hydrogen) atoms. The van der Waals surface area contributed by atoms with Crippen LogP contribution in [0.4, 0.5) is 10.5 Å². The van der Waals surface area contributed by atoms with E-state index >= 15 is 0 Å². The number of rotatable bonds is 7. The molecule has 1 aromatic heterocycles. The maximum absolute atomic E-state index is 13.0. The predicted molar refractivity (Wildman–Crippen MR) is 139 cm³/mol. The monoisotopic (exact) mass is 498 g/mol. The van der Waals surface area contributed by atoms with Crippen LogP contribution < -0.4 is 15.4 Å². The van der Waals surface area contributed by atoms with Crippen LogP contribution in [-0.4, -0.2) is 34.5 Å². The molecular weight excluding hydrogens is 472 g/mol. The fraction of sp³-hybridized carbons (Fsp3) is 0.179. The lowest BCUT2D eigenvalue weighted by Crippen LogP contribution is -2.24. The molecule has 0 atom stereocenters. The first kappa shape index (κ1) is 25.3. The molecule has 188 valence electrons. The average molecular weight is 499 g/mol. The van der Waals surface area contributed by atoms with E-state index in [1.165, 1.54) is 12.1 Å². The third-order valence-electron chi connectivity index (χ3n) is 5.62. The number of nitrogens with one attached hydrogen (secondary N) is 2. The average Bonchev–Trinajstić information content (AvgIpc) is 2.89. The summed E-state index contributed by atoms with van der Waals surface area (Å²) in [6.07, 6.45) is -0.805. The Morgan fingerprint density at radius 1 is 0.811 bits per heavy atom. The van der Waals surface area contributed by atoms with Gasteiger partial charge in [-0.15, -0.1) is 0 Å². The maximum Gasteiger partial charge on any atom is 0.513 e. The van der Waals surface area contributed by atoms with Crippen LogP contribution in [0.15, 0.2) is 66.7 Å². The van der Waals surface area contributed by atoms with E-state index < -0.39 is 6.16 Å². The number of para-hydroxylation sites is 1. The van der Waals surface area contributed by atoms with Crippen LogP contribution in [0.2, 0.25) is 0 Å². The molecule has 0 saturated heterocycles. The van der Waals surface area contributed by atoms with Gasteiger partial charge in [0.15, 0.2) is 0 Å². The Bertz CT molecular complexity index is 1470. The molecule has 9 nitrogen and oxygen atoms in total. The van der Waals surface area contributed by atoms with Crippen molar-refractivity contribution in [1.29, 1.82) is 0 Å². The largest absolute Gasteiger partial charge is 0.513 e. The molecule has 0 aliphatic carbocycles. The van der Waals surface area contributed by atoms with Crippen LogP contribution in [0.3, 0.4) is 0 Å². The number of nitrogens with zero attached hydrogens (tertiary/aromatic N) is 2. The molecule has 0 fully saturated rings. The van der Waals surface area contributed by atoms with Gasteiger partial charge in [-0.05, 0) is 74.9 Å². The lowest BCUT2D eigenvalue weighted by Gasteiger charge is -2.13. The Balaban J connectivity index is 1.41. The number of hydrogen-bond acceptors (Lipinski definition) is 7. The normalized spacial score (nSPS) is 10.6. The summed E-state index contributed by atoms with van der Waals surface area (Å²) in [6, 6.07) is 18.5. The molecule has 0 unspecified atom stereocenters. The SMILES string of the molecule is CCOC(=O)Oc1ccc(C(=O)NCc2ccccc2NC(=O)c2ccc3nc(C)c(C)nc3c2)cc1. The van der Waals surface area contributed by atoms with E-state index in [1.807, 2.05) is 26.0 Å². The summed E-state index contributed by atoms with van der Waals surface area (Å²) in [5, 5.41) is 5.76. The van der Waals surface area contributed by atoms with Gasteiger partial charge in [0.1, 0.15) is 5.75 Å². The fourth-order valence-corrected chi connectivity index (χ4v) is 3.56. The Morgan fingerprint density at radius 3 is 2.22 bits per heavy atom. The van der Waals surface area contributed by atoms with Gasteiger partial charge >= 0.3 is 6.16 Å². The first-order valence-electron chi connectivity index (χ1n) is 11.7. The number of ether oxygens (including phenoxy) is 2. The molecule has 9 heteroatoms. The van der Waals surface area contributed by atoms with Crippen molar-refractivity contribution in [1.82, 2.24) is 15.3 Å². The topological polar surface area (TPSA) is 120 Å². The number of carbonyl (C=O) groups is 3. The highest BCUT2D eigenvalue weighted by Gasteiger charge is 2.13. The van der Waals surface area contributed by atoms with Crippen molar-refractivity contribution in [2.45, 2.75) is 27.3 Å². The Labute approximate surface area is 213 Å². The molecule has 0 bridgehead atoms. The highest BCUT2D eigenvalue weighted by Crippen LogP contribution is 2.19. The van der Waals surface area contributed by atoms with Gasteiger partial charge in [-0.1, -0.05) is 18.2 Å². The third-order valence-corrected chi connectivity index (χ3v) is 5.62. The number of benzene rings is 3. The quantitative estimate of drug-likeness (QED) is 0.273. The minimum absolute atomic E-state index is 0.192. The predicted octanol–water partition coefficient (Wildman–Crippen LogP) is 4.96. The van der Waals surface area contributed by atoms with E-state index in [9.17, 15) is 14.4 Å². The lowest BCUT2D eigenvalue weighted by molar-refractivity contribution is 0.0950. The molecule has 0 aliphatic heterocycles. The van der Waals surface area contributed by atoms with Gasteiger partial charge < -0.3 is 20.1 Å². The lowest BCUT2D eigenvalue weighted by atomic mass is 10.1. The second-order valence-electron chi connectivity index (χ2n) is 8.20. The number of aromatic nitrogens is 2. The minimum Gasteiger partial charge on any atom is -0.434 e. The van der Waals surface area contributed by atoms with Gasteiger partial charge in [0, 0.05) is 23.4 Å². The molecule has 0 radical (unpaired) electrons. The minimum atomic E-state index is -0.805. The van der Waals surface area contributed by atoms with Crippen molar-refractivity contribution in [2.24, 2.45) is 0 Å². The molecule has 2 N–H and O–H groups in total. The van der Waals surface area contributed by atoms with Gasteiger partial charge in [-0.25, -0.2) is 14.8 Å². The molecule has 3 aromatic carbocycles. The standard InChI is InChI=1S/C28H26N4O5/c1-4-36-28(35)37-22-12-9-19(10-13-22)26(33)29-16-21-7-5-6-8-23(21)32-27(34)20-11-14-24-25(15-20)31-18(3)17(2)30-24/h5-15H,4,16H2,1-3H3,(H,29,33)(H,32,34). The smallest absolute Gasteiger partial charge is 0.434 e. The second kappa shape index (κ2) is 11.3. The summed E-state index contributed by atoms with van der Waals surface area (Å²) in [7, 11) is 0. The van der Waals surface area contributed by atoms with E-state index in [1.54, 1.807) is 49.4 Å². The molecule has 0 aliphatic rings. The summed E-state index contributed by atoms with van der Waals surface area (Å²) in [5.41, 5.74) is 5.19. The summed E-state index contributed by atoms with van der Waals surface area (Å²) >= 11 is 0. The van der Waals surface area contributed by atoms with Crippen molar-refractivity contribution >= 4 is 34.7 Å². The zero-order valence-corrected chi connectivity index (χ0v) is 20.7. The van der Waals surface area contributed by atoms with Crippen molar-refractivity contribution < 1.29 is 23.9 Å². The van der Waals surface area contributed by atoms with E-state index in [2.05, 4.69) is 20.6 Å². The van der Waals surface area contributed by atoms with Crippen LogP contribution >= 0.6 is 0 Å². The van der Waals surface area contributed by atoms with Crippen molar-refractivity contribution in [2.75, 3.05) is 11.9 Å². The summed E-state index contributed by atoms with van der Waals surface area (Å²) < 4.78 is 9.73. The van der Waals surface area contributed by atoms with Crippen molar-refractivity contribution in [3.8, 4) is 5.75 Å². The van der Waals surface area contributed by atoms with Gasteiger partial charge in [-0.2, -0.15) is 0 Å². The highest BCUT2D eigenvalue weighted by atomic mass is 16.7. The number of aryl methyl sites for hydroxylation is 2. The molecule has 0 saturated carbocycles. The molecule has 1 heterocycles. The van der Waals surface area contributed by atoms with Crippen molar-refractivity contribution in [3.63, 3.8) is 0 Å². The Hall–Kier alpha value is -4.79. The zero-order chi connectivity index (χ0) is 26.4. The third kappa shape index (κ3) is 6.26. The second-order valence-corrected chi connectivity index (χ2v) is 8.20. The number of carbonyl (C=O) groups excluding carboxylic acids is 3. The van der Waals surface area contributed by atoms with Gasteiger partial charge in [0.05, 0.1) is 29.0 Å². The highest BCUT2D eigenvalue weighted by molar-refractivity contribution is 6.06. The Kier molecular flexibility index (Phi) is 7.73. The first-order chi connectivity index (χ1) is 17.8. The molecule has 4 aromatic rings. The van der Waals surface area contributed by atoms with E-state index in [0.29, 0.717) is 22.3 Å². The van der Waals surface area contributed by atoms with Gasteiger partial charge in [-0.3, -0.25) is 9.59 Å². The Morgan fingerprint density at radius 2 is 1.49 bits per heavy atom. The van der Waals surface area contributed by atoms with Crippen molar-refractivity contribution in [3.05, 3.63) is 94.8 Å². The fourth-order valence-electron chi connectivity index (χ4n) is 3.56. The van der Waals surface area contributed by atoms with E-state index in [-0.39, 0.29) is 30.7 Å². The van der Waals surface area contributed by atoms with Crippen LogP contribution in [0.1, 0.15) is 44.6 Å². The molecule has 4 rings (SSSR count).